The summed E-state index contributed by atoms with van der Waals surface area (Å²) in [7, 11) is 0. The van der Waals surface area contributed by atoms with Crippen LogP contribution in [0.2, 0.25) is 0 Å². The first kappa shape index (κ1) is 43.1. The van der Waals surface area contributed by atoms with E-state index in [9.17, 15) is 20.1 Å². The van der Waals surface area contributed by atoms with Gasteiger partial charge in [-0.15, -0.1) is 0 Å². The average Bonchev–Trinajstić information content (AvgIpc) is 3.03. The summed E-state index contributed by atoms with van der Waals surface area (Å²) in [5, 5.41) is 33.4. The van der Waals surface area contributed by atoms with Gasteiger partial charge < -0.3 is 20.6 Å². The molecule has 0 saturated heterocycles. The van der Waals surface area contributed by atoms with Gasteiger partial charge in [-0.3, -0.25) is 4.79 Å². The van der Waals surface area contributed by atoms with Crippen LogP contribution >= 0.6 is 0 Å². The van der Waals surface area contributed by atoms with Crippen LogP contribution in [-0.4, -0.2) is 46.1 Å². The van der Waals surface area contributed by atoms with E-state index in [1.54, 1.807) is 0 Å². The summed E-state index contributed by atoms with van der Waals surface area (Å²) >= 11 is 0. The summed E-state index contributed by atoms with van der Waals surface area (Å²) < 4.78 is 0. The first-order chi connectivity index (χ1) is 21.6. The van der Waals surface area contributed by atoms with Crippen molar-refractivity contribution in [3.63, 3.8) is 0 Å². The monoisotopic (exact) mass is 624 g/mol. The van der Waals surface area contributed by atoms with Gasteiger partial charge in [0.15, 0.2) is 0 Å². The fraction of sp³-hybridized carbons (Fsp3) is 0.923. The number of carbonyl (C=O) groups excluding carboxylic acids is 1. The topological polar surface area (TPSA) is 89.8 Å². The van der Waals surface area contributed by atoms with Crippen LogP contribution in [0.3, 0.4) is 0 Å². The molecule has 3 unspecified atom stereocenters. The van der Waals surface area contributed by atoms with Gasteiger partial charge >= 0.3 is 0 Å². The van der Waals surface area contributed by atoms with Crippen molar-refractivity contribution >= 4 is 5.91 Å². The minimum Gasteiger partial charge on any atom is -0.394 e. The number of nitrogens with one attached hydrogen (secondary N) is 1. The number of amides is 1. The van der Waals surface area contributed by atoms with Gasteiger partial charge in [0.2, 0.25) is 5.91 Å². The number of hydrogen-bond acceptors (Lipinski definition) is 4. The van der Waals surface area contributed by atoms with E-state index in [0.29, 0.717) is 12.8 Å². The lowest BCUT2D eigenvalue weighted by Gasteiger charge is -2.26. The van der Waals surface area contributed by atoms with Crippen molar-refractivity contribution in [1.29, 1.82) is 0 Å². The zero-order valence-corrected chi connectivity index (χ0v) is 29.6. The van der Waals surface area contributed by atoms with E-state index in [2.05, 4.69) is 31.3 Å². The first-order valence-electron chi connectivity index (χ1n) is 19.5. The summed E-state index contributed by atoms with van der Waals surface area (Å²) in [4.78, 5) is 12.4. The molecule has 262 valence electrons. The number of hydrogen-bond donors (Lipinski definition) is 4. The Kier molecular flexibility index (Phi) is 34.2. The van der Waals surface area contributed by atoms with Gasteiger partial charge in [0, 0.05) is 6.42 Å². The van der Waals surface area contributed by atoms with Gasteiger partial charge in [-0.25, -0.2) is 0 Å². The predicted molar refractivity (Wildman–Crippen MR) is 190 cm³/mol. The fourth-order valence-electron chi connectivity index (χ4n) is 6.04. The van der Waals surface area contributed by atoms with Crippen LogP contribution in [0.1, 0.15) is 206 Å². The first-order valence-corrected chi connectivity index (χ1v) is 19.5. The molecule has 0 spiro atoms. The van der Waals surface area contributed by atoms with Crippen molar-refractivity contribution in [2.24, 2.45) is 0 Å². The summed E-state index contributed by atoms with van der Waals surface area (Å²) in [6.45, 7) is 4.16. The number of unbranched alkanes of at least 4 members (excludes halogenated alkanes) is 25. The Hall–Kier alpha value is -0.910. The molecule has 0 aliphatic heterocycles. The number of aliphatic hydroxyl groups is 3. The number of rotatable bonds is 35. The Morgan fingerprint density at radius 1 is 0.545 bits per heavy atom. The van der Waals surface area contributed by atoms with Crippen molar-refractivity contribution in [2.45, 2.75) is 225 Å². The molecule has 0 fully saturated rings. The Morgan fingerprint density at radius 2 is 0.909 bits per heavy atom. The van der Waals surface area contributed by atoms with Gasteiger partial charge in [0.1, 0.15) is 6.10 Å². The van der Waals surface area contributed by atoms with Gasteiger partial charge in [-0.05, 0) is 38.5 Å². The second-order valence-corrected chi connectivity index (χ2v) is 13.5. The van der Waals surface area contributed by atoms with Crippen LogP contribution in [0.15, 0.2) is 12.2 Å². The Morgan fingerprint density at radius 3 is 1.32 bits per heavy atom. The lowest BCUT2D eigenvalue weighted by atomic mass is 9.99. The molecular weight excluding hydrogens is 546 g/mol. The van der Waals surface area contributed by atoms with Crippen molar-refractivity contribution in [2.75, 3.05) is 6.61 Å². The number of aliphatic hydroxyl groups excluding tert-OH is 3. The lowest BCUT2D eigenvalue weighted by molar-refractivity contribution is -0.124. The van der Waals surface area contributed by atoms with E-state index in [0.717, 1.165) is 44.9 Å². The minimum absolute atomic E-state index is 0.153. The molecule has 0 aliphatic carbocycles. The Bertz CT molecular complexity index is 611. The highest BCUT2D eigenvalue weighted by Crippen LogP contribution is 2.15. The van der Waals surface area contributed by atoms with Gasteiger partial charge in [-0.2, -0.15) is 0 Å². The van der Waals surface area contributed by atoms with E-state index < -0.39 is 18.2 Å². The van der Waals surface area contributed by atoms with Crippen LogP contribution in [0.4, 0.5) is 0 Å². The molecule has 5 nitrogen and oxygen atoms in total. The lowest BCUT2D eigenvalue weighted by Crippen LogP contribution is -2.50. The third-order valence-corrected chi connectivity index (χ3v) is 9.12. The number of carbonyl (C=O) groups is 1. The molecule has 0 aromatic heterocycles. The van der Waals surface area contributed by atoms with Crippen molar-refractivity contribution in [3.8, 4) is 0 Å². The molecule has 44 heavy (non-hydrogen) atoms. The molecule has 0 aliphatic rings. The van der Waals surface area contributed by atoms with Gasteiger partial charge in [-0.1, -0.05) is 174 Å². The van der Waals surface area contributed by atoms with Crippen LogP contribution in [-0.2, 0) is 4.79 Å². The van der Waals surface area contributed by atoms with Crippen LogP contribution < -0.4 is 5.32 Å². The molecule has 0 rings (SSSR count). The minimum atomic E-state index is -1.13. The van der Waals surface area contributed by atoms with Crippen molar-refractivity contribution in [3.05, 3.63) is 12.2 Å². The molecule has 1 amide bonds. The second kappa shape index (κ2) is 35.0. The standard InChI is InChI=1S/C39H77NO4/c1-3-5-7-9-11-13-15-17-18-19-20-21-22-24-26-28-30-32-34-38(43)40-36(35-41)39(44)37(42)33-31-29-27-25-23-16-14-12-10-8-6-4-2/h20-21,36-37,39,41-42,44H,3-19,22-35H2,1-2H3,(H,40,43)/b21-20-. The zero-order chi connectivity index (χ0) is 32.4. The maximum Gasteiger partial charge on any atom is 0.220 e. The number of allylic oxidation sites excluding steroid dienone is 2. The van der Waals surface area contributed by atoms with Crippen LogP contribution in [0.25, 0.3) is 0 Å². The molecule has 5 heteroatoms. The largest absolute Gasteiger partial charge is 0.394 e. The summed E-state index contributed by atoms with van der Waals surface area (Å²) in [5.74, 6) is -0.153. The molecule has 0 aromatic rings. The summed E-state index contributed by atoms with van der Waals surface area (Å²) in [6, 6.07) is -0.808. The molecule has 0 bridgehead atoms. The molecule has 0 saturated carbocycles. The van der Waals surface area contributed by atoms with E-state index in [-0.39, 0.29) is 12.5 Å². The van der Waals surface area contributed by atoms with Crippen molar-refractivity contribution in [1.82, 2.24) is 5.32 Å². The highest BCUT2D eigenvalue weighted by Gasteiger charge is 2.26. The maximum atomic E-state index is 12.4. The van der Waals surface area contributed by atoms with Gasteiger partial charge in [0.05, 0.1) is 18.8 Å². The van der Waals surface area contributed by atoms with Crippen LogP contribution in [0.5, 0.6) is 0 Å². The SMILES string of the molecule is CCCCCCCCCCC/C=C\CCCCCCCC(=O)NC(CO)C(O)C(O)CCCCCCCCCCCCCC. The Balaban J connectivity index is 3.67. The predicted octanol–water partition coefficient (Wildman–Crippen LogP) is 10.5. The Labute approximate surface area is 274 Å². The quantitative estimate of drug-likeness (QED) is 0.0418. The van der Waals surface area contributed by atoms with Crippen molar-refractivity contribution < 1.29 is 20.1 Å². The normalized spacial score (nSPS) is 13.8. The molecule has 3 atom stereocenters. The molecule has 0 radical (unpaired) electrons. The third-order valence-electron chi connectivity index (χ3n) is 9.12. The van der Waals surface area contributed by atoms with Gasteiger partial charge in [0.25, 0.3) is 0 Å². The zero-order valence-electron chi connectivity index (χ0n) is 29.6. The van der Waals surface area contributed by atoms with E-state index in [1.165, 1.54) is 135 Å². The van der Waals surface area contributed by atoms with Crippen LogP contribution in [0, 0.1) is 0 Å². The molecule has 0 heterocycles. The molecule has 4 N–H and O–H groups in total. The van der Waals surface area contributed by atoms with E-state index in [4.69, 9.17) is 0 Å². The second-order valence-electron chi connectivity index (χ2n) is 13.5. The maximum absolute atomic E-state index is 12.4. The average molecular weight is 624 g/mol. The smallest absolute Gasteiger partial charge is 0.220 e. The summed E-state index contributed by atoms with van der Waals surface area (Å²) in [6.07, 6.45) is 38.7. The highest BCUT2D eigenvalue weighted by molar-refractivity contribution is 5.76. The molecule has 0 aromatic carbocycles. The highest BCUT2D eigenvalue weighted by atomic mass is 16.3. The molecular formula is C39H77NO4. The summed E-state index contributed by atoms with van der Waals surface area (Å²) in [5.41, 5.74) is 0. The fourth-order valence-corrected chi connectivity index (χ4v) is 6.04. The van der Waals surface area contributed by atoms with E-state index >= 15 is 0 Å². The van der Waals surface area contributed by atoms with E-state index in [1.807, 2.05) is 0 Å². The third kappa shape index (κ3) is 29.8.